The fourth-order valence-electron chi connectivity index (χ4n) is 2.68. The number of pyridine rings is 1. The molecule has 1 aromatic rings. The average Bonchev–Trinajstić information content (AvgIpc) is 2.55. The summed E-state index contributed by atoms with van der Waals surface area (Å²) >= 11 is 0. The molecule has 21 heavy (non-hydrogen) atoms. The van der Waals surface area contributed by atoms with Crippen LogP contribution in [0.1, 0.15) is 54.4 Å². The number of nitrogens with zero attached hydrogens (tertiary/aromatic N) is 2. The van der Waals surface area contributed by atoms with Crippen molar-refractivity contribution in [3.05, 3.63) is 29.6 Å². The Labute approximate surface area is 126 Å². The minimum absolute atomic E-state index is 0.0141. The standard InChI is InChI=1S/C17H22N2O2/c1-19(16-8-3-2-4-9-16)17(21)15-11-14(12-18-13-15)7-5-6-10-20/h11-13,16,20H,2-4,6,8-10H2,1H3. The van der Waals surface area contributed by atoms with Gasteiger partial charge in [-0.15, -0.1) is 0 Å². The molecule has 1 fully saturated rings. The number of amides is 1. The Morgan fingerprint density at radius 3 is 2.86 bits per heavy atom. The lowest BCUT2D eigenvalue weighted by molar-refractivity contribution is 0.0696. The van der Waals surface area contributed by atoms with Gasteiger partial charge in [0, 0.05) is 37.5 Å². The van der Waals surface area contributed by atoms with Gasteiger partial charge in [0.2, 0.25) is 0 Å². The number of hydrogen-bond acceptors (Lipinski definition) is 3. The van der Waals surface area contributed by atoms with E-state index >= 15 is 0 Å². The van der Waals surface area contributed by atoms with Crippen LogP contribution in [-0.2, 0) is 0 Å². The lowest BCUT2D eigenvalue weighted by Gasteiger charge is -2.31. The van der Waals surface area contributed by atoms with Crippen molar-refractivity contribution in [1.82, 2.24) is 9.88 Å². The Kier molecular flexibility index (Phi) is 5.77. The first-order chi connectivity index (χ1) is 10.2. The topological polar surface area (TPSA) is 53.4 Å². The number of carbonyl (C=O) groups excluding carboxylic acids is 1. The smallest absolute Gasteiger partial charge is 0.255 e. The minimum atomic E-state index is 0.0141. The second kappa shape index (κ2) is 7.80. The van der Waals surface area contributed by atoms with Crippen LogP contribution in [0.4, 0.5) is 0 Å². The van der Waals surface area contributed by atoms with Gasteiger partial charge in [0.15, 0.2) is 0 Å². The van der Waals surface area contributed by atoms with Gasteiger partial charge in [-0.25, -0.2) is 0 Å². The molecule has 1 heterocycles. The van der Waals surface area contributed by atoms with Crippen molar-refractivity contribution in [2.45, 2.75) is 44.6 Å². The third-order valence-corrected chi connectivity index (χ3v) is 3.90. The van der Waals surface area contributed by atoms with E-state index in [4.69, 9.17) is 5.11 Å². The molecule has 0 radical (unpaired) electrons. The normalized spacial score (nSPS) is 15.1. The molecule has 1 amide bonds. The van der Waals surface area contributed by atoms with E-state index in [-0.39, 0.29) is 12.5 Å². The summed E-state index contributed by atoms with van der Waals surface area (Å²) in [6.07, 6.45) is 9.52. The highest BCUT2D eigenvalue weighted by atomic mass is 16.2. The summed E-state index contributed by atoms with van der Waals surface area (Å²) in [6.45, 7) is 0.0451. The molecular weight excluding hydrogens is 264 g/mol. The molecule has 0 bridgehead atoms. The highest BCUT2D eigenvalue weighted by molar-refractivity contribution is 5.94. The number of aliphatic hydroxyl groups excluding tert-OH is 1. The summed E-state index contributed by atoms with van der Waals surface area (Å²) < 4.78 is 0. The molecular formula is C17H22N2O2. The average molecular weight is 286 g/mol. The number of aliphatic hydroxyl groups is 1. The summed E-state index contributed by atoms with van der Waals surface area (Å²) in [7, 11) is 1.88. The van der Waals surface area contributed by atoms with Gasteiger partial charge in [0.05, 0.1) is 12.2 Å². The summed E-state index contributed by atoms with van der Waals surface area (Å²) in [4.78, 5) is 18.5. The van der Waals surface area contributed by atoms with Crippen LogP contribution in [0.25, 0.3) is 0 Å². The zero-order valence-corrected chi connectivity index (χ0v) is 12.5. The number of aromatic nitrogens is 1. The van der Waals surface area contributed by atoms with Crippen LogP contribution in [0.2, 0.25) is 0 Å². The van der Waals surface area contributed by atoms with Gasteiger partial charge < -0.3 is 10.0 Å². The Morgan fingerprint density at radius 1 is 1.38 bits per heavy atom. The SMILES string of the molecule is CN(C(=O)c1cncc(C#CCCO)c1)C1CCCCC1. The van der Waals surface area contributed by atoms with Crippen LogP contribution in [0.5, 0.6) is 0 Å². The zero-order chi connectivity index (χ0) is 15.1. The maximum atomic E-state index is 12.5. The summed E-state index contributed by atoms with van der Waals surface area (Å²) in [5.41, 5.74) is 1.30. The van der Waals surface area contributed by atoms with Gasteiger partial charge in [-0.05, 0) is 18.9 Å². The largest absolute Gasteiger partial charge is 0.395 e. The predicted octanol–water partition coefficient (Wildman–Crippen LogP) is 2.22. The Balaban J connectivity index is 2.08. The minimum Gasteiger partial charge on any atom is -0.395 e. The van der Waals surface area contributed by atoms with E-state index in [0.29, 0.717) is 23.6 Å². The molecule has 1 aliphatic rings. The first kappa shape index (κ1) is 15.5. The molecule has 0 spiro atoms. The Morgan fingerprint density at radius 2 is 2.14 bits per heavy atom. The maximum Gasteiger partial charge on any atom is 0.255 e. The van der Waals surface area contributed by atoms with Crippen molar-refractivity contribution in [3.63, 3.8) is 0 Å². The molecule has 0 saturated heterocycles. The van der Waals surface area contributed by atoms with Gasteiger partial charge in [-0.2, -0.15) is 0 Å². The van der Waals surface area contributed by atoms with Crippen molar-refractivity contribution in [2.75, 3.05) is 13.7 Å². The van der Waals surface area contributed by atoms with E-state index in [9.17, 15) is 4.79 Å². The Bertz CT molecular complexity index is 539. The van der Waals surface area contributed by atoms with Crippen LogP contribution < -0.4 is 0 Å². The van der Waals surface area contributed by atoms with Crippen molar-refractivity contribution >= 4 is 5.91 Å². The van der Waals surface area contributed by atoms with Crippen molar-refractivity contribution in [1.29, 1.82) is 0 Å². The lowest BCUT2D eigenvalue weighted by Crippen LogP contribution is -2.38. The van der Waals surface area contributed by atoms with E-state index in [1.807, 2.05) is 11.9 Å². The zero-order valence-electron chi connectivity index (χ0n) is 12.5. The van der Waals surface area contributed by atoms with E-state index in [2.05, 4.69) is 16.8 Å². The van der Waals surface area contributed by atoms with Crippen LogP contribution >= 0.6 is 0 Å². The van der Waals surface area contributed by atoms with E-state index in [0.717, 1.165) is 12.8 Å². The third-order valence-electron chi connectivity index (χ3n) is 3.90. The van der Waals surface area contributed by atoms with Gasteiger partial charge in [-0.3, -0.25) is 9.78 Å². The van der Waals surface area contributed by atoms with Crippen LogP contribution in [-0.4, -0.2) is 40.6 Å². The molecule has 0 unspecified atom stereocenters. The molecule has 0 atom stereocenters. The molecule has 1 N–H and O–H groups in total. The van der Waals surface area contributed by atoms with E-state index < -0.39 is 0 Å². The van der Waals surface area contributed by atoms with E-state index in [1.54, 1.807) is 18.5 Å². The second-order valence-electron chi connectivity index (χ2n) is 5.45. The molecule has 1 saturated carbocycles. The van der Waals surface area contributed by atoms with E-state index in [1.165, 1.54) is 19.3 Å². The summed E-state index contributed by atoms with van der Waals surface area (Å²) in [5, 5.41) is 8.73. The molecule has 0 aliphatic heterocycles. The second-order valence-corrected chi connectivity index (χ2v) is 5.45. The van der Waals surface area contributed by atoms with Gasteiger partial charge >= 0.3 is 0 Å². The first-order valence-electron chi connectivity index (χ1n) is 7.54. The number of rotatable bonds is 3. The molecule has 1 aliphatic carbocycles. The Hall–Kier alpha value is -1.86. The number of carbonyl (C=O) groups is 1. The summed E-state index contributed by atoms with van der Waals surface area (Å²) in [6, 6.07) is 2.12. The quantitative estimate of drug-likeness (QED) is 0.867. The van der Waals surface area contributed by atoms with Gasteiger partial charge in [0.25, 0.3) is 5.91 Å². The van der Waals surface area contributed by atoms with Crippen LogP contribution in [0.15, 0.2) is 18.5 Å². The first-order valence-corrected chi connectivity index (χ1v) is 7.54. The molecule has 1 aromatic heterocycles. The van der Waals surface area contributed by atoms with Gasteiger partial charge in [0.1, 0.15) is 0 Å². The monoisotopic (exact) mass is 286 g/mol. The van der Waals surface area contributed by atoms with Crippen molar-refractivity contribution in [2.24, 2.45) is 0 Å². The highest BCUT2D eigenvalue weighted by Gasteiger charge is 2.23. The molecule has 2 rings (SSSR count). The molecule has 4 heteroatoms. The van der Waals surface area contributed by atoms with Crippen molar-refractivity contribution < 1.29 is 9.90 Å². The highest BCUT2D eigenvalue weighted by Crippen LogP contribution is 2.22. The fourth-order valence-corrected chi connectivity index (χ4v) is 2.68. The summed E-state index contributed by atoms with van der Waals surface area (Å²) in [5.74, 6) is 5.78. The lowest BCUT2D eigenvalue weighted by atomic mass is 9.94. The molecule has 112 valence electrons. The third kappa shape index (κ3) is 4.30. The maximum absolute atomic E-state index is 12.5. The molecule has 0 aromatic carbocycles. The predicted molar refractivity (Wildman–Crippen MR) is 81.8 cm³/mol. The number of hydrogen-bond donors (Lipinski definition) is 1. The fraction of sp³-hybridized carbons (Fsp3) is 0.529. The van der Waals surface area contributed by atoms with Crippen LogP contribution in [0.3, 0.4) is 0 Å². The molecule has 4 nitrogen and oxygen atoms in total. The van der Waals surface area contributed by atoms with Crippen molar-refractivity contribution in [3.8, 4) is 11.8 Å². The van der Waals surface area contributed by atoms with Crippen LogP contribution in [0, 0.1) is 11.8 Å². The van der Waals surface area contributed by atoms with Gasteiger partial charge in [-0.1, -0.05) is 31.1 Å².